The Bertz CT molecular complexity index is 735. The Labute approximate surface area is 131 Å². The van der Waals surface area contributed by atoms with Crippen LogP contribution >= 0.6 is 27.5 Å². The quantitative estimate of drug-likeness (QED) is 0.806. The molecule has 0 spiro atoms. The normalized spacial score (nSPS) is 11.5. The first kappa shape index (κ1) is 15.3. The van der Waals surface area contributed by atoms with E-state index in [1.165, 1.54) is 18.2 Å². The van der Waals surface area contributed by atoms with Crippen LogP contribution in [-0.4, -0.2) is 8.42 Å². The molecule has 0 aliphatic carbocycles. The Morgan fingerprint density at radius 3 is 2.60 bits per heavy atom. The van der Waals surface area contributed by atoms with Crippen molar-refractivity contribution in [2.24, 2.45) is 0 Å². The maximum absolute atomic E-state index is 12.2. The highest BCUT2D eigenvalue weighted by Gasteiger charge is 2.17. The monoisotopic (exact) mass is 374 g/mol. The molecule has 0 saturated heterocycles. The Morgan fingerprint density at radius 2 is 1.95 bits per heavy atom. The van der Waals surface area contributed by atoms with Gasteiger partial charge in [-0.3, -0.25) is 0 Å². The number of anilines is 1. The number of hydrogen-bond donors (Lipinski definition) is 2. The molecule has 2 aromatic carbocycles. The second kappa shape index (κ2) is 6.13. The molecule has 0 bridgehead atoms. The second-order valence-corrected chi connectivity index (χ2v) is 7.20. The van der Waals surface area contributed by atoms with E-state index in [4.69, 9.17) is 17.3 Å². The number of nitrogens with two attached hydrogens (primary N) is 1. The third kappa shape index (κ3) is 3.73. The Morgan fingerprint density at radius 1 is 1.20 bits per heavy atom. The Kier molecular flexibility index (Phi) is 4.70. The molecule has 106 valence electrons. The second-order valence-electron chi connectivity index (χ2n) is 4.14. The van der Waals surface area contributed by atoms with Gasteiger partial charge in [0.25, 0.3) is 0 Å². The van der Waals surface area contributed by atoms with Gasteiger partial charge in [-0.2, -0.15) is 0 Å². The lowest BCUT2D eigenvalue weighted by atomic mass is 10.2. The number of sulfonamides is 1. The molecule has 0 atom stereocenters. The predicted molar refractivity (Wildman–Crippen MR) is 84.0 cm³/mol. The number of rotatable bonds is 4. The fraction of sp³-hybridized carbons (Fsp3) is 0.0769. The highest BCUT2D eigenvalue weighted by Crippen LogP contribution is 2.23. The largest absolute Gasteiger partial charge is 0.399 e. The molecule has 20 heavy (non-hydrogen) atoms. The van der Waals surface area contributed by atoms with Gasteiger partial charge in [0.05, 0.1) is 5.02 Å². The average Bonchev–Trinajstić information content (AvgIpc) is 2.36. The standard InChI is InChI=1S/C13H12BrClN2O2S/c14-10-3-1-2-9(6-10)8-17-20(18,19)13-5-4-11(16)7-12(13)15/h1-7,17H,8,16H2. The summed E-state index contributed by atoms with van der Waals surface area (Å²) in [7, 11) is -3.67. The van der Waals surface area contributed by atoms with Crippen molar-refractivity contribution in [3.05, 3.63) is 57.5 Å². The molecule has 0 heterocycles. The van der Waals surface area contributed by atoms with Crippen LogP contribution in [0, 0.1) is 0 Å². The molecule has 2 rings (SSSR count). The van der Waals surface area contributed by atoms with E-state index >= 15 is 0 Å². The van der Waals surface area contributed by atoms with E-state index in [1.807, 2.05) is 24.3 Å². The van der Waals surface area contributed by atoms with E-state index in [0.717, 1.165) is 10.0 Å². The molecule has 0 saturated carbocycles. The lowest BCUT2D eigenvalue weighted by Gasteiger charge is -2.09. The SMILES string of the molecule is Nc1ccc(S(=O)(=O)NCc2cccc(Br)c2)c(Cl)c1. The molecular weight excluding hydrogens is 364 g/mol. The van der Waals surface area contributed by atoms with Gasteiger partial charge in [0.1, 0.15) is 4.90 Å². The molecule has 3 N–H and O–H groups in total. The van der Waals surface area contributed by atoms with Crippen LogP contribution in [0.15, 0.2) is 51.8 Å². The van der Waals surface area contributed by atoms with Crippen molar-refractivity contribution in [2.45, 2.75) is 11.4 Å². The first-order valence-corrected chi connectivity index (χ1v) is 8.33. The van der Waals surface area contributed by atoms with Crippen LogP contribution in [0.25, 0.3) is 0 Å². The van der Waals surface area contributed by atoms with Crippen LogP contribution in [-0.2, 0) is 16.6 Å². The number of hydrogen-bond acceptors (Lipinski definition) is 3. The third-order valence-electron chi connectivity index (χ3n) is 2.60. The molecule has 0 unspecified atom stereocenters. The number of nitrogen functional groups attached to an aromatic ring is 1. The topological polar surface area (TPSA) is 72.2 Å². The van der Waals surface area contributed by atoms with Gasteiger partial charge in [-0.05, 0) is 35.9 Å². The first-order chi connectivity index (χ1) is 9.38. The smallest absolute Gasteiger partial charge is 0.242 e. The van der Waals surface area contributed by atoms with Crippen molar-refractivity contribution in [3.63, 3.8) is 0 Å². The van der Waals surface area contributed by atoms with Crippen molar-refractivity contribution in [2.75, 3.05) is 5.73 Å². The van der Waals surface area contributed by atoms with E-state index in [2.05, 4.69) is 20.7 Å². The predicted octanol–water partition coefficient (Wildman–Crippen LogP) is 3.16. The average molecular weight is 376 g/mol. The van der Waals surface area contributed by atoms with Gasteiger partial charge in [-0.25, -0.2) is 13.1 Å². The van der Waals surface area contributed by atoms with Gasteiger partial charge in [-0.1, -0.05) is 39.7 Å². The summed E-state index contributed by atoms with van der Waals surface area (Å²) in [5, 5.41) is 0.103. The van der Waals surface area contributed by atoms with Crippen LogP contribution in [0.4, 0.5) is 5.69 Å². The van der Waals surface area contributed by atoms with Crippen LogP contribution < -0.4 is 10.5 Å². The number of nitrogens with one attached hydrogen (secondary N) is 1. The molecule has 0 aromatic heterocycles. The zero-order chi connectivity index (χ0) is 14.8. The third-order valence-corrected chi connectivity index (χ3v) is 4.98. The van der Waals surface area contributed by atoms with E-state index in [9.17, 15) is 8.42 Å². The van der Waals surface area contributed by atoms with Crippen molar-refractivity contribution >= 4 is 43.2 Å². The van der Waals surface area contributed by atoms with Crippen molar-refractivity contribution in [1.82, 2.24) is 4.72 Å². The minimum absolute atomic E-state index is 0.0170. The molecule has 0 amide bonds. The van der Waals surface area contributed by atoms with Gasteiger partial charge in [0, 0.05) is 16.7 Å². The lowest BCUT2D eigenvalue weighted by Crippen LogP contribution is -2.23. The van der Waals surface area contributed by atoms with Crippen LogP contribution in [0.2, 0.25) is 5.02 Å². The fourth-order valence-corrected chi connectivity index (χ4v) is 3.65. The Hall–Kier alpha value is -1.08. The summed E-state index contributed by atoms with van der Waals surface area (Å²) in [5.41, 5.74) is 6.81. The van der Waals surface area contributed by atoms with Crippen LogP contribution in [0.1, 0.15) is 5.56 Å². The van der Waals surface area contributed by atoms with Crippen LogP contribution in [0.5, 0.6) is 0 Å². The van der Waals surface area contributed by atoms with Crippen molar-refractivity contribution < 1.29 is 8.42 Å². The van der Waals surface area contributed by atoms with Gasteiger partial charge >= 0.3 is 0 Å². The molecule has 0 aliphatic heterocycles. The van der Waals surface area contributed by atoms with Crippen LogP contribution in [0.3, 0.4) is 0 Å². The van der Waals surface area contributed by atoms with E-state index in [-0.39, 0.29) is 16.5 Å². The highest BCUT2D eigenvalue weighted by atomic mass is 79.9. The summed E-state index contributed by atoms with van der Waals surface area (Å²) in [6.07, 6.45) is 0. The van der Waals surface area contributed by atoms with Gasteiger partial charge in [0.15, 0.2) is 0 Å². The summed E-state index contributed by atoms with van der Waals surface area (Å²) in [6, 6.07) is 11.7. The maximum Gasteiger partial charge on any atom is 0.242 e. The summed E-state index contributed by atoms with van der Waals surface area (Å²) in [6.45, 7) is 0.183. The highest BCUT2D eigenvalue weighted by molar-refractivity contribution is 9.10. The summed E-state index contributed by atoms with van der Waals surface area (Å²) in [5.74, 6) is 0. The molecule has 7 heteroatoms. The maximum atomic E-state index is 12.2. The molecule has 0 aliphatic rings. The van der Waals surface area contributed by atoms with E-state index < -0.39 is 10.0 Å². The molecular formula is C13H12BrClN2O2S. The Balaban J connectivity index is 2.19. The van der Waals surface area contributed by atoms with Crippen molar-refractivity contribution in [3.8, 4) is 0 Å². The van der Waals surface area contributed by atoms with E-state index in [1.54, 1.807) is 0 Å². The number of halogens is 2. The summed E-state index contributed by atoms with van der Waals surface area (Å²) in [4.78, 5) is 0.0170. The minimum atomic E-state index is -3.67. The zero-order valence-electron chi connectivity index (χ0n) is 10.3. The van der Waals surface area contributed by atoms with Gasteiger partial charge < -0.3 is 5.73 Å². The molecule has 2 aromatic rings. The summed E-state index contributed by atoms with van der Waals surface area (Å²) >= 11 is 9.25. The molecule has 0 fully saturated rings. The summed E-state index contributed by atoms with van der Waals surface area (Å²) < 4.78 is 27.7. The van der Waals surface area contributed by atoms with Gasteiger partial charge in [-0.15, -0.1) is 0 Å². The van der Waals surface area contributed by atoms with Crippen molar-refractivity contribution in [1.29, 1.82) is 0 Å². The lowest BCUT2D eigenvalue weighted by molar-refractivity contribution is 0.581. The number of benzene rings is 2. The van der Waals surface area contributed by atoms with Gasteiger partial charge in [0.2, 0.25) is 10.0 Å². The van der Waals surface area contributed by atoms with E-state index in [0.29, 0.717) is 5.69 Å². The molecule has 0 radical (unpaired) electrons. The fourth-order valence-electron chi connectivity index (χ4n) is 1.64. The molecule has 4 nitrogen and oxygen atoms in total. The minimum Gasteiger partial charge on any atom is -0.399 e. The first-order valence-electron chi connectivity index (χ1n) is 5.67. The zero-order valence-corrected chi connectivity index (χ0v) is 13.5.